The summed E-state index contributed by atoms with van der Waals surface area (Å²) in [6.07, 6.45) is 16.7. The monoisotopic (exact) mass is 188 g/mol. The molecule has 1 aliphatic carbocycles. The first-order valence-electron chi connectivity index (χ1n) is 5.46. The molecule has 0 aromatic carbocycles. The van der Waals surface area contributed by atoms with Crippen LogP contribution in [0.1, 0.15) is 27.2 Å². The number of allylic oxidation sites excluding steroid dienone is 8. The van der Waals surface area contributed by atoms with Crippen molar-refractivity contribution in [1.29, 1.82) is 0 Å². The lowest BCUT2D eigenvalue weighted by Crippen LogP contribution is -1.97. The predicted octanol–water partition coefficient (Wildman–Crippen LogP) is 4.28. The van der Waals surface area contributed by atoms with Crippen LogP contribution < -0.4 is 0 Å². The van der Waals surface area contributed by atoms with Crippen LogP contribution in [0.15, 0.2) is 48.1 Å². The second kappa shape index (κ2) is 5.64. The Morgan fingerprint density at radius 1 is 1.36 bits per heavy atom. The molecule has 0 heteroatoms. The van der Waals surface area contributed by atoms with Crippen molar-refractivity contribution >= 4 is 0 Å². The molecule has 0 fully saturated rings. The van der Waals surface area contributed by atoms with E-state index in [4.69, 9.17) is 0 Å². The molecule has 0 radical (unpaired) electrons. The third kappa shape index (κ3) is 3.02. The summed E-state index contributed by atoms with van der Waals surface area (Å²) >= 11 is 0. The third-order valence-electron chi connectivity index (χ3n) is 2.56. The molecule has 0 heterocycles. The van der Waals surface area contributed by atoms with Gasteiger partial charge in [0.2, 0.25) is 0 Å². The summed E-state index contributed by atoms with van der Waals surface area (Å²) in [4.78, 5) is 0. The van der Waals surface area contributed by atoms with Gasteiger partial charge in [0.05, 0.1) is 0 Å². The first-order chi connectivity index (χ1) is 6.77. The summed E-state index contributed by atoms with van der Waals surface area (Å²) in [6.45, 7) is 6.54. The Hall–Kier alpha value is -1.04. The number of hydrogen-bond donors (Lipinski definition) is 0. The lowest BCUT2D eigenvalue weighted by atomic mass is 9.94. The SMILES string of the molecule is C/C=C\C(C)/C=C(\CC)C1C=CC=C1. The molecule has 0 saturated heterocycles. The molecule has 0 bridgehead atoms. The Bertz CT molecular complexity index is 264. The van der Waals surface area contributed by atoms with Gasteiger partial charge in [-0.1, -0.05) is 62.0 Å². The van der Waals surface area contributed by atoms with Gasteiger partial charge in [-0.25, -0.2) is 0 Å². The van der Waals surface area contributed by atoms with E-state index in [1.165, 1.54) is 5.57 Å². The maximum atomic E-state index is 2.38. The Labute approximate surface area is 87.7 Å². The predicted molar refractivity (Wildman–Crippen MR) is 64.1 cm³/mol. The van der Waals surface area contributed by atoms with Crippen molar-refractivity contribution in [2.45, 2.75) is 27.2 Å². The third-order valence-corrected chi connectivity index (χ3v) is 2.56. The lowest BCUT2D eigenvalue weighted by Gasteiger charge is -2.11. The molecule has 1 atom stereocenters. The molecular weight excluding hydrogens is 168 g/mol. The van der Waals surface area contributed by atoms with Crippen LogP contribution in [-0.2, 0) is 0 Å². The van der Waals surface area contributed by atoms with E-state index >= 15 is 0 Å². The summed E-state index contributed by atoms with van der Waals surface area (Å²) in [5.41, 5.74) is 1.53. The fraction of sp³-hybridized carbons (Fsp3) is 0.429. The quantitative estimate of drug-likeness (QED) is 0.578. The molecule has 1 aliphatic rings. The second-order valence-electron chi connectivity index (χ2n) is 3.78. The molecule has 0 saturated carbocycles. The van der Waals surface area contributed by atoms with Crippen LogP contribution in [0.4, 0.5) is 0 Å². The molecule has 0 N–H and O–H groups in total. The Balaban J connectivity index is 2.69. The van der Waals surface area contributed by atoms with Gasteiger partial charge in [0.15, 0.2) is 0 Å². The average molecular weight is 188 g/mol. The topological polar surface area (TPSA) is 0 Å². The van der Waals surface area contributed by atoms with Crippen molar-refractivity contribution in [1.82, 2.24) is 0 Å². The molecule has 0 nitrogen and oxygen atoms in total. The van der Waals surface area contributed by atoms with E-state index in [1.54, 1.807) is 0 Å². The van der Waals surface area contributed by atoms with Crippen molar-refractivity contribution < 1.29 is 0 Å². The summed E-state index contributed by atoms with van der Waals surface area (Å²) in [5.74, 6) is 1.10. The van der Waals surface area contributed by atoms with Crippen molar-refractivity contribution in [3.8, 4) is 0 Å². The summed E-state index contributed by atoms with van der Waals surface area (Å²) in [7, 11) is 0. The van der Waals surface area contributed by atoms with Crippen molar-refractivity contribution in [2.24, 2.45) is 11.8 Å². The Morgan fingerprint density at radius 3 is 2.50 bits per heavy atom. The van der Waals surface area contributed by atoms with Crippen LogP contribution in [0.3, 0.4) is 0 Å². The molecule has 0 aromatic heterocycles. The smallest absolute Gasteiger partial charge is 0.0163 e. The van der Waals surface area contributed by atoms with Crippen LogP contribution in [0.5, 0.6) is 0 Å². The van der Waals surface area contributed by atoms with E-state index in [0.29, 0.717) is 11.8 Å². The van der Waals surface area contributed by atoms with E-state index in [-0.39, 0.29) is 0 Å². The second-order valence-corrected chi connectivity index (χ2v) is 3.78. The van der Waals surface area contributed by atoms with Gasteiger partial charge < -0.3 is 0 Å². The average Bonchev–Trinajstić information content (AvgIpc) is 2.67. The molecule has 0 amide bonds. The highest BCUT2D eigenvalue weighted by molar-refractivity contribution is 5.29. The molecule has 0 aliphatic heterocycles. The van der Waals surface area contributed by atoms with Crippen LogP contribution in [0.2, 0.25) is 0 Å². The van der Waals surface area contributed by atoms with Crippen molar-refractivity contribution in [2.75, 3.05) is 0 Å². The minimum absolute atomic E-state index is 0.549. The molecule has 76 valence electrons. The van der Waals surface area contributed by atoms with Gasteiger partial charge in [-0.05, 0) is 19.3 Å². The van der Waals surface area contributed by atoms with Gasteiger partial charge in [-0.2, -0.15) is 0 Å². The highest BCUT2D eigenvalue weighted by Crippen LogP contribution is 2.23. The van der Waals surface area contributed by atoms with E-state index in [9.17, 15) is 0 Å². The van der Waals surface area contributed by atoms with Gasteiger partial charge in [0.1, 0.15) is 0 Å². The van der Waals surface area contributed by atoms with E-state index in [2.05, 4.69) is 63.3 Å². The van der Waals surface area contributed by atoms with Crippen molar-refractivity contribution in [3.05, 3.63) is 48.1 Å². The fourth-order valence-electron chi connectivity index (χ4n) is 1.84. The van der Waals surface area contributed by atoms with Crippen molar-refractivity contribution in [3.63, 3.8) is 0 Å². The van der Waals surface area contributed by atoms with Gasteiger partial charge in [0, 0.05) is 5.92 Å². The molecular formula is C14H20. The molecule has 0 aromatic rings. The molecule has 14 heavy (non-hydrogen) atoms. The lowest BCUT2D eigenvalue weighted by molar-refractivity contribution is 0.836. The van der Waals surface area contributed by atoms with Crippen LogP contribution >= 0.6 is 0 Å². The van der Waals surface area contributed by atoms with Gasteiger partial charge >= 0.3 is 0 Å². The van der Waals surface area contributed by atoms with Crippen LogP contribution in [0.25, 0.3) is 0 Å². The molecule has 1 rings (SSSR count). The summed E-state index contributed by atoms with van der Waals surface area (Å²) < 4.78 is 0. The molecule has 0 spiro atoms. The van der Waals surface area contributed by atoms with Crippen LogP contribution in [0, 0.1) is 11.8 Å². The van der Waals surface area contributed by atoms with Crippen LogP contribution in [-0.4, -0.2) is 0 Å². The maximum Gasteiger partial charge on any atom is 0.0163 e. The minimum Gasteiger partial charge on any atom is -0.0911 e. The first kappa shape index (κ1) is 11.0. The fourth-order valence-corrected chi connectivity index (χ4v) is 1.84. The van der Waals surface area contributed by atoms with E-state index < -0.39 is 0 Å². The van der Waals surface area contributed by atoms with E-state index in [1.807, 2.05) is 0 Å². The number of hydrogen-bond acceptors (Lipinski definition) is 0. The standard InChI is InChI=1S/C14H20/c1-4-8-12(3)11-13(5-2)14-9-6-7-10-14/h4,6-12,14H,5H2,1-3H3/b8-4-,13-11+. The highest BCUT2D eigenvalue weighted by Gasteiger charge is 2.08. The normalized spacial score (nSPS) is 19.8. The van der Waals surface area contributed by atoms with Gasteiger partial charge in [-0.3, -0.25) is 0 Å². The largest absolute Gasteiger partial charge is 0.0911 e. The first-order valence-corrected chi connectivity index (χ1v) is 5.46. The Morgan fingerprint density at radius 2 is 2.00 bits per heavy atom. The molecule has 1 unspecified atom stereocenters. The zero-order valence-corrected chi connectivity index (χ0v) is 9.40. The number of rotatable bonds is 4. The highest BCUT2D eigenvalue weighted by atomic mass is 14.1. The zero-order valence-electron chi connectivity index (χ0n) is 9.40. The zero-order chi connectivity index (χ0) is 10.4. The maximum absolute atomic E-state index is 2.38. The Kier molecular flexibility index (Phi) is 4.45. The minimum atomic E-state index is 0.549. The van der Waals surface area contributed by atoms with Gasteiger partial charge in [0.25, 0.3) is 0 Å². The van der Waals surface area contributed by atoms with Gasteiger partial charge in [-0.15, -0.1) is 0 Å². The summed E-state index contributed by atoms with van der Waals surface area (Å²) in [5, 5.41) is 0. The van der Waals surface area contributed by atoms with E-state index in [0.717, 1.165) is 6.42 Å². The summed E-state index contributed by atoms with van der Waals surface area (Å²) in [6, 6.07) is 0.